The molecule has 1 aliphatic rings. The Morgan fingerprint density at radius 2 is 2.07 bits per heavy atom. The lowest BCUT2D eigenvalue weighted by molar-refractivity contribution is 0.130. The van der Waals surface area contributed by atoms with Crippen LogP contribution in [0.3, 0.4) is 0 Å². The Morgan fingerprint density at radius 1 is 1.27 bits per heavy atom. The van der Waals surface area contributed by atoms with Crippen LogP contribution in [-0.2, 0) is 4.74 Å². The van der Waals surface area contributed by atoms with E-state index in [2.05, 4.69) is 31.0 Å². The fourth-order valence-corrected chi connectivity index (χ4v) is 2.08. The van der Waals surface area contributed by atoms with Crippen LogP contribution in [0.5, 0.6) is 0 Å². The first-order valence-electron chi connectivity index (χ1n) is 6.15. The Balaban J connectivity index is 2.30. The second-order valence-corrected chi connectivity index (χ2v) is 5.19. The molecule has 0 atom stereocenters. The maximum atomic E-state index is 5.46. The second kappa shape index (κ2) is 6.46. The molecule has 0 saturated carbocycles. The smallest absolute Gasteiger partial charge is 0.0593 e. The van der Waals surface area contributed by atoms with E-state index in [1.165, 1.54) is 19.5 Å². The molecule has 1 heterocycles. The van der Waals surface area contributed by atoms with Crippen LogP contribution in [0.25, 0.3) is 0 Å². The maximum absolute atomic E-state index is 5.46. The Morgan fingerprint density at radius 3 is 2.80 bits per heavy atom. The van der Waals surface area contributed by atoms with Crippen molar-refractivity contribution in [3.8, 4) is 0 Å². The molecule has 0 aromatic rings. The maximum Gasteiger partial charge on any atom is 0.0593 e. The van der Waals surface area contributed by atoms with Gasteiger partial charge in [0.25, 0.3) is 0 Å². The van der Waals surface area contributed by atoms with Crippen LogP contribution in [-0.4, -0.2) is 50.8 Å². The van der Waals surface area contributed by atoms with E-state index in [0.717, 1.165) is 32.8 Å². The molecule has 3 heteroatoms. The fraction of sp³-hybridized carbons (Fsp3) is 1.00. The zero-order chi connectivity index (χ0) is 11.1. The van der Waals surface area contributed by atoms with E-state index >= 15 is 0 Å². The zero-order valence-corrected chi connectivity index (χ0v) is 10.5. The minimum Gasteiger partial charge on any atom is -0.380 e. The molecule has 0 aromatic carbocycles. The van der Waals surface area contributed by atoms with E-state index in [-0.39, 0.29) is 0 Å². The molecule has 1 aliphatic heterocycles. The van der Waals surface area contributed by atoms with Gasteiger partial charge >= 0.3 is 0 Å². The quantitative estimate of drug-likeness (QED) is 0.747. The third-order valence-corrected chi connectivity index (χ3v) is 2.82. The van der Waals surface area contributed by atoms with Gasteiger partial charge in [-0.3, -0.25) is 0 Å². The Kier molecular flexibility index (Phi) is 5.58. The minimum absolute atomic E-state index is 0.361. The van der Waals surface area contributed by atoms with Gasteiger partial charge in [0.2, 0.25) is 0 Å². The van der Waals surface area contributed by atoms with Gasteiger partial charge in [-0.05, 0) is 18.4 Å². The van der Waals surface area contributed by atoms with Crippen molar-refractivity contribution in [2.24, 2.45) is 5.41 Å². The van der Waals surface area contributed by atoms with Crippen LogP contribution >= 0.6 is 0 Å². The van der Waals surface area contributed by atoms with E-state index in [0.29, 0.717) is 5.41 Å². The summed E-state index contributed by atoms with van der Waals surface area (Å²) >= 11 is 0. The summed E-state index contributed by atoms with van der Waals surface area (Å²) in [5.74, 6) is 0. The first-order chi connectivity index (χ1) is 7.14. The van der Waals surface area contributed by atoms with Gasteiger partial charge in [0.05, 0.1) is 6.61 Å². The van der Waals surface area contributed by atoms with Crippen molar-refractivity contribution in [3.63, 3.8) is 0 Å². The fourth-order valence-electron chi connectivity index (χ4n) is 2.08. The molecular formula is C12H26N2O. The van der Waals surface area contributed by atoms with Crippen LogP contribution in [0.2, 0.25) is 0 Å². The lowest BCUT2D eigenvalue weighted by atomic mass is 9.92. The first-order valence-corrected chi connectivity index (χ1v) is 6.15. The number of ether oxygens (including phenoxy) is 1. The van der Waals surface area contributed by atoms with Gasteiger partial charge < -0.3 is 15.0 Å². The molecular weight excluding hydrogens is 188 g/mol. The molecule has 0 bridgehead atoms. The van der Waals surface area contributed by atoms with Gasteiger partial charge in [-0.15, -0.1) is 0 Å². The Hall–Kier alpha value is -0.120. The number of nitrogens with zero attached hydrogens (tertiary/aromatic N) is 1. The summed E-state index contributed by atoms with van der Waals surface area (Å²) in [6.45, 7) is 14.3. The second-order valence-electron chi connectivity index (χ2n) is 5.19. The van der Waals surface area contributed by atoms with Gasteiger partial charge in [-0.25, -0.2) is 0 Å². The highest BCUT2D eigenvalue weighted by Crippen LogP contribution is 2.16. The van der Waals surface area contributed by atoms with E-state index < -0.39 is 0 Å². The zero-order valence-electron chi connectivity index (χ0n) is 10.5. The lowest BCUT2D eigenvalue weighted by Crippen LogP contribution is -2.41. The molecule has 1 saturated heterocycles. The molecule has 90 valence electrons. The molecule has 1 rings (SSSR count). The summed E-state index contributed by atoms with van der Waals surface area (Å²) in [7, 11) is 0. The molecule has 0 aromatic heterocycles. The van der Waals surface area contributed by atoms with E-state index in [1.807, 2.05) is 0 Å². The summed E-state index contributed by atoms with van der Waals surface area (Å²) in [5.41, 5.74) is 0.361. The number of nitrogens with one attached hydrogen (secondary N) is 1. The minimum atomic E-state index is 0.361. The molecule has 0 amide bonds. The third-order valence-electron chi connectivity index (χ3n) is 2.82. The Bertz CT molecular complexity index is 163. The summed E-state index contributed by atoms with van der Waals surface area (Å²) in [6, 6.07) is 0. The van der Waals surface area contributed by atoms with Crippen molar-refractivity contribution < 1.29 is 4.74 Å². The van der Waals surface area contributed by atoms with E-state index in [1.54, 1.807) is 0 Å². The highest BCUT2D eigenvalue weighted by atomic mass is 16.5. The highest BCUT2D eigenvalue weighted by Gasteiger charge is 2.21. The monoisotopic (exact) mass is 214 g/mol. The summed E-state index contributed by atoms with van der Waals surface area (Å²) in [6.07, 6.45) is 1.18. The summed E-state index contributed by atoms with van der Waals surface area (Å²) < 4.78 is 5.46. The Labute approximate surface area is 94.2 Å². The molecule has 0 spiro atoms. The largest absolute Gasteiger partial charge is 0.380 e. The lowest BCUT2D eigenvalue weighted by Gasteiger charge is -2.31. The van der Waals surface area contributed by atoms with Crippen LogP contribution in [0.15, 0.2) is 0 Å². The van der Waals surface area contributed by atoms with Gasteiger partial charge in [0.15, 0.2) is 0 Å². The normalized spacial score (nSPS) is 20.2. The average Bonchev–Trinajstić information content (AvgIpc) is 2.43. The SMILES string of the molecule is CCNCC(C)(C)CN1CCCOCC1. The predicted molar refractivity (Wildman–Crippen MR) is 64.2 cm³/mol. The molecule has 0 aliphatic carbocycles. The van der Waals surface area contributed by atoms with Gasteiger partial charge in [-0.1, -0.05) is 20.8 Å². The summed E-state index contributed by atoms with van der Waals surface area (Å²) in [5, 5.41) is 3.44. The van der Waals surface area contributed by atoms with Crippen molar-refractivity contribution in [3.05, 3.63) is 0 Å². The molecule has 1 N–H and O–H groups in total. The van der Waals surface area contributed by atoms with Gasteiger partial charge in [0.1, 0.15) is 0 Å². The number of hydrogen-bond acceptors (Lipinski definition) is 3. The average molecular weight is 214 g/mol. The molecule has 3 nitrogen and oxygen atoms in total. The third kappa shape index (κ3) is 5.50. The first kappa shape index (κ1) is 12.9. The van der Waals surface area contributed by atoms with E-state index in [4.69, 9.17) is 4.74 Å². The molecule has 1 fully saturated rings. The standard InChI is InChI=1S/C12H26N2O/c1-4-13-10-12(2,3)11-14-6-5-8-15-9-7-14/h13H,4-11H2,1-3H3. The summed E-state index contributed by atoms with van der Waals surface area (Å²) in [4.78, 5) is 2.53. The van der Waals surface area contributed by atoms with Crippen LogP contribution in [0.4, 0.5) is 0 Å². The number of hydrogen-bond donors (Lipinski definition) is 1. The number of rotatable bonds is 5. The van der Waals surface area contributed by atoms with Gasteiger partial charge in [0, 0.05) is 32.8 Å². The predicted octanol–water partition coefficient (Wildman–Crippen LogP) is 1.34. The molecule has 0 unspecified atom stereocenters. The van der Waals surface area contributed by atoms with E-state index in [9.17, 15) is 0 Å². The van der Waals surface area contributed by atoms with Gasteiger partial charge in [-0.2, -0.15) is 0 Å². The van der Waals surface area contributed by atoms with Crippen molar-refractivity contribution >= 4 is 0 Å². The molecule has 0 radical (unpaired) electrons. The van der Waals surface area contributed by atoms with Crippen LogP contribution < -0.4 is 5.32 Å². The highest BCUT2D eigenvalue weighted by molar-refractivity contribution is 4.76. The van der Waals surface area contributed by atoms with Crippen molar-refractivity contribution in [2.75, 3.05) is 45.9 Å². The van der Waals surface area contributed by atoms with Crippen LogP contribution in [0.1, 0.15) is 27.2 Å². The van der Waals surface area contributed by atoms with Crippen molar-refractivity contribution in [1.29, 1.82) is 0 Å². The van der Waals surface area contributed by atoms with Crippen LogP contribution in [0, 0.1) is 5.41 Å². The van der Waals surface area contributed by atoms with Crippen molar-refractivity contribution in [1.82, 2.24) is 10.2 Å². The topological polar surface area (TPSA) is 24.5 Å². The van der Waals surface area contributed by atoms with Crippen molar-refractivity contribution in [2.45, 2.75) is 27.2 Å². The molecule has 15 heavy (non-hydrogen) atoms.